The number of hydrogen-bond acceptors (Lipinski definition) is 7. The molecule has 0 bridgehead atoms. The summed E-state index contributed by atoms with van der Waals surface area (Å²) in [7, 11) is 0. The van der Waals surface area contributed by atoms with Gasteiger partial charge in [0.25, 0.3) is 5.91 Å². The van der Waals surface area contributed by atoms with E-state index < -0.39 is 12.5 Å². The minimum atomic E-state index is -4.64. The van der Waals surface area contributed by atoms with Gasteiger partial charge in [0.05, 0.1) is 19.6 Å². The number of nitrogens with zero attached hydrogens (tertiary/aromatic N) is 1. The number of amides is 2. The zero-order valence-electron chi connectivity index (χ0n) is 24.5. The van der Waals surface area contributed by atoms with Gasteiger partial charge in [0.2, 0.25) is 12.2 Å². The molecule has 44 heavy (non-hydrogen) atoms. The van der Waals surface area contributed by atoms with Crippen molar-refractivity contribution in [2.75, 3.05) is 44.8 Å². The lowest BCUT2D eigenvalue weighted by Crippen LogP contribution is -2.45. The molecule has 242 valence electrons. The topological polar surface area (TPSA) is 117 Å². The number of rotatable bonds is 13. The number of alkyl halides is 3. The molecule has 1 fully saturated rings. The molecule has 2 aliphatic rings. The summed E-state index contributed by atoms with van der Waals surface area (Å²) in [6, 6.07) is 10.0. The van der Waals surface area contributed by atoms with Gasteiger partial charge in [-0.3, -0.25) is 14.4 Å². The number of aromatic hydroxyl groups is 1. The Kier molecular flexibility index (Phi) is 13.9. The fourth-order valence-corrected chi connectivity index (χ4v) is 5.11. The van der Waals surface area contributed by atoms with Gasteiger partial charge in [-0.15, -0.1) is 0 Å². The van der Waals surface area contributed by atoms with Crippen LogP contribution >= 0.6 is 0 Å². The number of hydrogen-bond donors (Lipinski definition) is 3. The van der Waals surface area contributed by atoms with E-state index in [-0.39, 0.29) is 36.0 Å². The zero-order chi connectivity index (χ0) is 32.0. The van der Waals surface area contributed by atoms with Crippen molar-refractivity contribution in [1.82, 2.24) is 10.2 Å². The quantitative estimate of drug-likeness (QED) is 0.129. The molecular formula is C31H39F4N3O6. The van der Waals surface area contributed by atoms with Crippen LogP contribution < -0.4 is 15.4 Å². The first-order valence-electron chi connectivity index (χ1n) is 14.7. The average molecular weight is 626 g/mol. The van der Waals surface area contributed by atoms with Crippen LogP contribution in [0.2, 0.25) is 0 Å². The van der Waals surface area contributed by atoms with Crippen LogP contribution in [0.15, 0.2) is 36.4 Å². The van der Waals surface area contributed by atoms with E-state index in [1.807, 2.05) is 4.90 Å². The van der Waals surface area contributed by atoms with E-state index in [1.54, 1.807) is 24.3 Å². The summed E-state index contributed by atoms with van der Waals surface area (Å²) in [5.74, 6) is 0.0996. The largest absolute Gasteiger partial charge is 0.506 e. The van der Waals surface area contributed by atoms with E-state index in [2.05, 4.69) is 10.6 Å². The Labute approximate surface area is 253 Å². The second-order valence-corrected chi connectivity index (χ2v) is 10.6. The Morgan fingerprint density at radius 1 is 1.07 bits per heavy atom. The highest BCUT2D eigenvalue weighted by Gasteiger charge is 2.26. The van der Waals surface area contributed by atoms with Crippen LogP contribution in [-0.2, 0) is 32.0 Å². The Balaban J connectivity index is 0.000000801. The second kappa shape index (κ2) is 17.6. The number of phenolic OH excluding ortho intramolecular Hbond substituents is 1. The lowest BCUT2D eigenvalue weighted by atomic mass is 9.94. The average Bonchev–Trinajstić information content (AvgIpc) is 3.01. The molecule has 1 saturated carbocycles. The molecule has 0 unspecified atom stereocenters. The molecule has 0 atom stereocenters. The predicted octanol–water partition coefficient (Wildman–Crippen LogP) is 4.55. The van der Waals surface area contributed by atoms with Gasteiger partial charge in [-0.1, -0.05) is 37.5 Å². The van der Waals surface area contributed by atoms with Crippen LogP contribution in [0.25, 0.3) is 0 Å². The number of carbonyl (C=O) groups excluding carboxylic acids is 3. The van der Waals surface area contributed by atoms with Crippen molar-refractivity contribution in [1.29, 1.82) is 0 Å². The molecule has 9 nitrogen and oxygen atoms in total. The molecule has 2 aromatic carbocycles. The molecule has 1 aliphatic carbocycles. The number of halogens is 4. The van der Waals surface area contributed by atoms with E-state index in [0.29, 0.717) is 63.5 Å². The molecule has 2 aromatic rings. The maximum absolute atomic E-state index is 13.1. The van der Waals surface area contributed by atoms with Crippen LogP contribution in [0, 0.1) is 5.82 Å². The van der Waals surface area contributed by atoms with Gasteiger partial charge in [0.1, 0.15) is 17.3 Å². The van der Waals surface area contributed by atoms with Crippen molar-refractivity contribution in [3.05, 3.63) is 53.3 Å². The molecule has 1 heterocycles. The van der Waals surface area contributed by atoms with Crippen molar-refractivity contribution >= 4 is 23.8 Å². The zero-order valence-corrected chi connectivity index (χ0v) is 24.5. The molecule has 0 saturated heterocycles. The Bertz CT molecular complexity index is 1220. The van der Waals surface area contributed by atoms with E-state index >= 15 is 0 Å². The standard InChI is InChI=1S/C29H38FN3O5.C2HF3O/c30-23-9-6-21(7-10-23)13-18-37-19-14-27(36)33(24-4-2-1-3-5-24)17-16-31-15-12-22-8-11-25(34)28-29(22)38-20-26(35)32-28;3-2(4,5)1-6/h6-11,24,31,34H,1-5,12-20H2,(H,32,35);1H. The summed E-state index contributed by atoms with van der Waals surface area (Å²) in [5.41, 5.74) is 2.24. The lowest BCUT2D eigenvalue weighted by Gasteiger charge is -2.34. The molecule has 0 spiro atoms. The third-order valence-electron chi connectivity index (χ3n) is 7.31. The molecule has 1 aliphatic heterocycles. The summed E-state index contributed by atoms with van der Waals surface area (Å²) in [5, 5.41) is 16.1. The van der Waals surface area contributed by atoms with E-state index in [9.17, 15) is 32.3 Å². The van der Waals surface area contributed by atoms with Crippen LogP contribution in [0.5, 0.6) is 11.5 Å². The fraction of sp³-hybridized carbons (Fsp3) is 0.516. The SMILES string of the molecule is O=C1COc2c(CCNCCN(C(=O)CCOCCc3ccc(F)cc3)C3CCCCC3)ccc(O)c2N1.O=CC(F)(F)F. The van der Waals surface area contributed by atoms with Gasteiger partial charge in [0.15, 0.2) is 12.4 Å². The van der Waals surface area contributed by atoms with Crippen LogP contribution in [0.4, 0.5) is 23.2 Å². The smallest absolute Gasteiger partial charge is 0.446 e. The number of nitrogens with one attached hydrogen (secondary N) is 2. The summed E-state index contributed by atoms with van der Waals surface area (Å²) in [6.45, 7) is 2.79. The summed E-state index contributed by atoms with van der Waals surface area (Å²) >= 11 is 0. The Hall–Kier alpha value is -3.71. The van der Waals surface area contributed by atoms with Crippen molar-refractivity contribution in [2.45, 2.75) is 63.6 Å². The number of anilines is 1. The highest BCUT2D eigenvalue weighted by Crippen LogP contribution is 2.39. The van der Waals surface area contributed by atoms with Gasteiger partial charge in [-0.25, -0.2) is 4.39 Å². The maximum Gasteiger partial charge on any atom is 0.446 e. The first-order chi connectivity index (χ1) is 21.1. The van der Waals surface area contributed by atoms with Crippen molar-refractivity contribution < 1.29 is 46.5 Å². The molecule has 2 amide bonds. The third-order valence-corrected chi connectivity index (χ3v) is 7.31. The van der Waals surface area contributed by atoms with Crippen molar-refractivity contribution in [2.24, 2.45) is 0 Å². The monoisotopic (exact) mass is 625 g/mol. The van der Waals surface area contributed by atoms with E-state index in [0.717, 1.165) is 36.8 Å². The normalized spacial score (nSPS) is 14.9. The molecule has 13 heteroatoms. The van der Waals surface area contributed by atoms with Crippen LogP contribution in [-0.4, -0.2) is 79.8 Å². The molecule has 0 aromatic heterocycles. The van der Waals surface area contributed by atoms with E-state index in [1.165, 1.54) is 18.6 Å². The van der Waals surface area contributed by atoms with Crippen LogP contribution in [0.1, 0.15) is 49.7 Å². The number of fused-ring (bicyclic) bond motifs is 1. The fourth-order valence-electron chi connectivity index (χ4n) is 5.11. The highest BCUT2D eigenvalue weighted by molar-refractivity contribution is 5.97. The Morgan fingerprint density at radius 3 is 2.45 bits per heavy atom. The third kappa shape index (κ3) is 11.8. The minimum Gasteiger partial charge on any atom is -0.506 e. The maximum atomic E-state index is 13.1. The van der Waals surface area contributed by atoms with Gasteiger partial charge < -0.3 is 30.1 Å². The first-order valence-corrected chi connectivity index (χ1v) is 14.7. The summed E-state index contributed by atoms with van der Waals surface area (Å²) in [4.78, 5) is 35.4. The number of carbonyl (C=O) groups is 3. The van der Waals surface area contributed by atoms with Crippen molar-refractivity contribution in [3.63, 3.8) is 0 Å². The minimum absolute atomic E-state index is 0.00849. The lowest BCUT2D eigenvalue weighted by molar-refractivity contribution is -0.156. The van der Waals surface area contributed by atoms with Gasteiger partial charge in [-0.05, 0) is 61.6 Å². The molecular weight excluding hydrogens is 586 g/mol. The summed E-state index contributed by atoms with van der Waals surface area (Å²) < 4.78 is 55.6. The van der Waals surface area contributed by atoms with Crippen molar-refractivity contribution in [3.8, 4) is 11.5 Å². The molecule has 0 radical (unpaired) electrons. The number of aldehydes is 1. The Morgan fingerprint density at radius 2 is 1.77 bits per heavy atom. The number of benzene rings is 2. The second-order valence-electron chi connectivity index (χ2n) is 10.6. The molecule has 3 N–H and O–H groups in total. The van der Waals surface area contributed by atoms with E-state index in [4.69, 9.17) is 14.3 Å². The number of phenols is 1. The molecule has 4 rings (SSSR count). The van der Waals surface area contributed by atoms with Gasteiger partial charge in [-0.2, -0.15) is 13.2 Å². The summed E-state index contributed by atoms with van der Waals surface area (Å²) in [6.07, 6.45) is 1.61. The number of ether oxygens (including phenoxy) is 2. The van der Waals surface area contributed by atoms with Crippen LogP contribution in [0.3, 0.4) is 0 Å². The predicted molar refractivity (Wildman–Crippen MR) is 155 cm³/mol. The first kappa shape index (κ1) is 34.8. The van der Waals surface area contributed by atoms with Gasteiger partial charge >= 0.3 is 6.18 Å². The van der Waals surface area contributed by atoms with Gasteiger partial charge in [0, 0.05) is 19.1 Å². The highest BCUT2D eigenvalue weighted by atomic mass is 19.4.